The summed E-state index contributed by atoms with van der Waals surface area (Å²) in [5.74, 6) is 0. The normalized spacial score (nSPS) is 28.7. The number of rotatable bonds is 2. The third-order valence-corrected chi connectivity index (χ3v) is 5.90. The second kappa shape index (κ2) is 4.97. The van der Waals surface area contributed by atoms with Crippen molar-refractivity contribution >= 4 is 10.0 Å². The third kappa shape index (κ3) is 2.80. The summed E-state index contributed by atoms with van der Waals surface area (Å²) in [6.45, 7) is -0.287. The van der Waals surface area contributed by atoms with E-state index in [1.54, 1.807) is 0 Å². The van der Waals surface area contributed by atoms with Gasteiger partial charge < -0.3 is 4.74 Å². The monoisotopic (exact) mass is 287 g/mol. The van der Waals surface area contributed by atoms with Gasteiger partial charge in [0.2, 0.25) is 10.0 Å². The minimum atomic E-state index is -4.42. The molecule has 1 saturated heterocycles. The molecule has 106 valence electrons. The molecule has 0 N–H and O–H groups in total. The van der Waals surface area contributed by atoms with Gasteiger partial charge >= 0.3 is 6.18 Å². The lowest BCUT2D eigenvalue weighted by Gasteiger charge is -2.31. The maximum Gasteiger partial charge on any atom is 0.414 e. The molecule has 18 heavy (non-hydrogen) atoms. The number of ether oxygens (including phenoxy) is 1. The van der Waals surface area contributed by atoms with Gasteiger partial charge in [-0.2, -0.15) is 17.5 Å². The van der Waals surface area contributed by atoms with Crippen molar-refractivity contribution in [3.8, 4) is 0 Å². The highest BCUT2D eigenvalue weighted by Crippen LogP contribution is 2.31. The second-order valence-corrected chi connectivity index (χ2v) is 6.90. The Kier molecular flexibility index (Phi) is 3.89. The minimum absolute atomic E-state index is 0.0193. The highest BCUT2D eigenvalue weighted by Gasteiger charge is 2.44. The van der Waals surface area contributed by atoms with E-state index >= 15 is 0 Å². The standard InChI is InChI=1S/C10H16F3NO3S/c11-10(12,13)9-4-5-14(6-7-17-9)18(15,16)8-2-1-3-8/h8-9H,1-7H2/t9-/m0/s1. The number of hydrogen-bond acceptors (Lipinski definition) is 3. The molecule has 0 spiro atoms. The van der Waals surface area contributed by atoms with Crippen molar-refractivity contribution in [2.75, 3.05) is 19.7 Å². The van der Waals surface area contributed by atoms with Crippen LogP contribution in [0, 0.1) is 0 Å². The third-order valence-electron chi connectivity index (χ3n) is 3.50. The lowest BCUT2D eigenvalue weighted by Crippen LogP contribution is -2.43. The van der Waals surface area contributed by atoms with Gasteiger partial charge in [0.1, 0.15) is 0 Å². The fraction of sp³-hybridized carbons (Fsp3) is 1.00. The maximum absolute atomic E-state index is 12.5. The fourth-order valence-corrected chi connectivity index (χ4v) is 4.18. The zero-order valence-electron chi connectivity index (χ0n) is 9.82. The van der Waals surface area contributed by atoms with Gasteiger partial charge in [-0.3, -0.25) is 0 Å². The quantitative estimate of drug-likeness (QED) is 0.773. The van der Waals surface area contributed by atoms with E-state index in [0.29, 0.717) is 12.8 Å². The molecular formula is C10H16F3NO3S. The summed E-state index contributed by atoms with van der Waals surface area (Å²) < 4.78 is 67.4. The average Bonchev–Trinajstić information content (AvgIpc) is 2.37. The molecule has 0 unspecified atom stereocenters. The van der Waals surface area contributed by atoms with Crippen molar-refractivity contribution in [1.29, 1.82) is 0 Å². The second-order valence-electron chi connectivity index (χ2n) is 4.69. The molecule has 0 amide bonds. The number of nitrogens with zero attached hydrogens (tertiary/aromatic N) is 1. The Morgan fingerprint density at radius 3 is 2.28 bits per heavy atom. The Bertz CT molecular complexity index is 392. The van der Waals surface area contributed by atoms with Gasteiger partial charge in [-0.15, -0.1) is 0 Å². The molecule has 0 radical (unpaired) electrons. The van der Waals surface area contributed by atoms with Crippen molar-refractivity contribution in [2.24, 2.45) is 0 Å². The van der Waals surface area contributed by atoms with E-state index in [-0.39, 0.29) is 26.1 Å². The average molecular weight is 287 g/mol. The fourth-order valence-electron chi connectivity index (χ4n) is 2.15. The predicted octanol–water partition coefficient (Wildman–Crippen LogP) is 1.52. The number of halogens is 3. The first-order valence-corrected chi connectivity index (χ1v) is 7.49. The van der Waals surface area contributed by atoms with Crippen molar-refractivity contribution in [2.45, 2.75) is 43.2 Å². The van der Waals surface area contributed by atoms with Gasteiger partial charge in [0.05, 0.1) is 11.9 Å². The Labute approximate surface area is 104 Å². The van der Waals surface area contributed by atoms with Crippen LogP contribution in [0.1, 0.15) is 25.7 Å². The number of sulfonamides is 1. The summed E-state index contributed by atoms with van der Waals surface area (Å²) in [7, 11) is -3.43. The van der Waals surface area contributed by atoms with Gasteiger partial charge in [-0.1, -0.05) is 6.42 Å². The summed E-state index contributed by atoms with van der Waals surface area (Å²) in [6.07, 6.45) is -4.49. The summed E-state index contributed by atoms with van der Waals surface area (Å²) in [4.78, 5) is 0. The first kappa shape index (κ1) is 14.1. The van der Waals surface area contributed by atoms with Crippen molar-refractivity contribution in [1.82, 2.24) is 4.31 Å². The summed E-state index contributed by atoms with van der Waals surface area (Å²) in [6, 6.07) is 0. The topological polar surface area (TPSA) is 46.6 Å². The first-order valence-electron chi connectivity index (χ1n) is 5.99. The van der Waals surface area contributed by atoms with Crippen LogP contribution in [0.25, 0.3) is 0 Å². The highest BCUT2D eigenvalue weighted by atomic mass is 32.2. The molecular weight excluding hydrogens is 271 g/mol. The SMILES string of the molecule is O=S(=O)(C1CCC1)N1CCO[C@H](C(F)(F)F)CC1. The zero-order valence-corrected chi connectivity index (χ0v) is 10.6. The molecule has 0 bridgehead atoms. The van der Waals surface area contributed by atoms with Crippen LogP contribution in [-0.2, 0) is 14.8 Å². The lowest BCUT2D eigenvalue weighted by molar-refractivity contribution is -0.218. The Hall–Kier alpha value is -0.340. The number of hydrogen-bond donors (Lipinski definition) is 0. The molecule has 0 aromatic heterocycles. The summed E-state index contributed by atoms with van der Waals surface area (Å²) in [5.41, 5.74) is 0. The van der Waals surface area contributed by atoms with E-state index in [4.69, 9.17) is 4.74 Å². The van der Waals surface area contributed by atoms with Gasteiger partial charge in [0.15, 0.2) is 6.10 Å². The van der Waals surface area contributed by atoms with Crippen LogP contribution in [0.2, 0.25) is 0 Å². The minimum Gasteiger partial charge on any atom is -0.367 e. The van der Waals surface area contributed by atoms with Crippen LogP contribution in [0.5, 0.6) is 0 Å². The molecule has 0 aromatic carbocycles. The van der Waals surface area contributed by atoms with Crippen LogP contribution in [0.3, 0.4) is 0 Å². The van der Waals surface area contributed by atoms with Gasteiger partial charge in [-0.25, -0.2) is 8.42 Å². The molecule has 4 nitrogen and oxygen atoms in total. The van der Waals surface area contributed by atoms with E-state index in [2.05, 4.69) is 0 Å². The van der Waals surface area contributed by atoms with E-state index in [1.165, 1.54) is 0 Å². The molecule has 1 aliphatic carbocycles. The Morgan fingerprint density at radius 1 is 1.11 bits per heavy atom. The van der Waals surface area contributed by atoms with E-state index in [9.17, 15) is 21.6 Å². The molecule has 2 rings (SSSR count). The van der Waals surface area contributed by atoms with Crippen LogP contribution in [-0.4, -0.2) is 49.9 Å². The van der Waals surface area contributed by atoms with Crippen LogP contribution >= 0.6 is 0 Å². The van der Waals surface area contributed by atoms with Gasteiger partial charge in [0.25, 0.3) is 0 Å². The van der Waals surface area contributed by atoms with E-state index < -0.39 is 27.6 Å². The van der Waals surface area contributed by atoms with E-state index in [1.807, 2.05) is 0 Å². The first-order chi connectivity index (χ1) is 8.32. The Morgan fingerprint density at radius 2 is 1.78 bits per heavy atom. The molecule has 2 fully saturated rings. The maximum atomic E-state index is 12.5. The molecule has 0 aromatic rings. The van der Waals surface area contributed by atoms with Gasteiger partial charge in [-0.05, 0) is 19.3 Å². The van der Waals surface area contributed by atoms with Crippen molar-refractivity contribution in [3.05, 3.63) is 0 Å². The molecule has 1 aliphatic heterocycles. The molecule has 2 aliphatic rings. The lowest BCUT2D eigenvalue weighted by atomic mass is 10.0. The Balaban J connectivity index is 2.01. The van der Waals surface area contributed by atoms with E-state index in [0.717, 1.165) is 10.7 Å². The van der Waals surface area contributed by atoms with Gasteiger partial charge in [0, 0.05) is 13.1 Å². The smallest absolute Gasteiger partial charge is 0.367 e. The molecule has 1 saturated carbocycles. The van der Waals surface area contributed by atoms with Crippen LogP contribution < -0.4 is 0 Å². The largest absolute Gasteiger partial charge is 0.414 e. The van der Waals surface area contributed by atoms with Crippen molar-refractivity contribution < 1.29 is 26.3 Å². The van der Waals surface area contributed by atoms with Crippen LogP contribution in [0.15, 0.2) is 0 Å². The highest BCUT2D eigenvalue weighted by molar-refractivity contribution is 7.89. The molecule has 8 heteroatoms. The summed E-state index contributed by atoms with van der Waals surface area (Å²) >= 11 is 0. The molecule has 1 atom stereocenters. The van der Waals surface area contributed by atoms with Crippen LogP contribution in [0.4, 0.5) is 13.2 Å². The zero-order chi connectivity index (χ0) is 13.4. The predicted molar refractivity (Wildman–Crippen MR) is 58.5 cm³/mol. The number of alkyl halides is 3. The van der Waals surface area contributed by atoms with Crippen molar-refractivity contribution in [3.63, 3.8) is 0 Å². The molecule has 1 heterocycles. The summed E-state index contributed by atoms with van der Waals surface area (Å²) in [5, 5.41) is -0.403.